The van der Waals surface area contributed by atoms with Crippen molar-refractivity contribution in [1.29, 1.82) is 5.26 Å². The first-order valence-electron chi connectivity index (χ1n) is 5.52. The molecule has 0 fully saturated rings. The van der Waals surface area contributed by atoms with Crippen LogP contribution in [0.2, 0.25) is 0 Å². The predicted molar refractivity (Wildman–Crippen MR) is 64.0 cm³/mol. The third kappa shape index (κ3) is 3.92. The number of ether oxygens (including phenoxy) is 1. The van der Waals surface area contributed by atoms with E-state index in [9.17, 15) is 0 Å². The maximum absolute atomic E-state index is 8.48. The van der Waals surface area contributed by atoms with Crippen LogP contribution in [0.3, 0.4) is 0 Å². The molecule has 0 aliphatic heterocycles. The monoisotopic (exact) mass is 218 g/mol. The van der Waals surface area contributed by atoms with E-state index in [-0.39, 0.29) is 12.1 Å². The Kier molecular flexibility index (Phi) is 4.81. The van der Waals surface area contributed by atoms with Crippen LogP contribution in [0.25, 0.3) is 0 Å². The molecule has 0 aliphatic carbocycles. The first-order valence-corrected chi connectivity index (χ1v) is 5.52. The zero-order valence-corrected chi connectivity index (χ0v) is 9.81. The summed E-state index contributed by atoms with van der Waals surface area (Å²) in [6.45, 7) is 3.99. The molecule has 1 aromatic rings. The minimum absolute atomic E-state index is 0.0623. The number of hydrogen-bond donors (Lipinski definition) is 1. The summed E-state index contributed by atoms with van der Waals surface area (Å²) in [5.41, 5.74) is 6.99. The van der Waals surface area contributed by atoms with Crippen LogP contribution in [-0.4, -0.2) is 6.10 Å². The maximum atomic E-state index is 8.48. The van der Waals surface area contributed by atoms with Gasteiger partial charge in [-0.3, -0.25) is 0 Å². The molecule has 0 aliphatic rings. The van der Waals surface area contributed by atoms with E-state index >= 15 is 0 Å². The molecule has 0 saturated heterocycles. The van der Waals surface area contributed by atoms with Crippen LogP contribution in [0.4, 0.5) is 0 Å². The highest BCUT2D eigenvalue weighted by Crippen LogP contribution is 2.20. The third-order valence-corrected chi connectivity index (χ3v) is 2.25. The quantitative estimate of drug-likeness (QED) is 0.826. The second-order valence-electron chi connectivity index (χ2n) is 4.04. The van der Waals surface area contributed by atoms with Gasteiger partial charge in [0.15, 0.2) is 0 Å². The molecule has 3 heteroatoms. The molecule has 1 aromatic carbocycles. The van der Waals surface area contributed by atoms with Crippen molar-refractivity contribution in [3.05, 3.63) is 29.8 Å². The minimum atomic E-state index is -0.0623. The summed E-state index contributed by atoms with van der Waals surface area (Å²) >= 11 is 0. The second-order valence-corrected chi connectivity index (χ2v) is 4.04. The maximum Gasteiger partial charge on any atom is 0.119 e. The zero-order valence-electron chi connectivity index (χ0n) is 9.81. The molecular weight excluding hydrogens is 200 g/mol. The van der Waals surface area contributed by atoms with Gasteiger partial charge in [-0.1, -0.05) is 12.1 Å². The Labute approximate surface area is 96.8 Å². The fraction of sp³-hybridized carbons (Fsp3) is 0.462. The van der Waals surface area contributed by atoms with Gasteiger partial charge >= 0.3 is 0 Å². The van der Waals surface area contributed by atoms with Gasteiger partial charge in [0.05, 0.1) is 12.2 Å². The van der Waals surface area contributed by atoms with Crippen LogP contribution in [0.5, 0.6) is 5.75 Å². The van der Waals surface area contributed by atoms with Gasteiger partial charge in [0.25, 0.3) is 0 Å². The van der Waals surface area contributed by atoms with Crippen LogP contribution in [0.15, 0.2) is 24.3 Å². The van der Waals surface area contributed by atoms with Gasteiger partial charge in [0.2, 0.25) is 0 Å². The van der Waals surface area contributed by atoms with E-state index in [0.29, 0.717) is 12.8 Å². The summed E-state index contributed by atoms with van der Waals surface area (Å²) in [6, 6.07) is 9.79. The molecule has 1 unspecified atom stereocenters. The van der Waals surface area contributed by atoms with Gasteiger partial charge in [-0.2, -0.15) is 5.26 Å². The Bertz CT molecular complexity index is 351. The molecule has 0 aromatic heterocycles. The van der Waals surface area contributed by atoms with E-state index in [1.807, 2.05) is 38.1 Å². The van der Waals surface area contributed by atoms with Gasteiger partial charge in [-0.15, -0.1) is 0 Å². The van der Waals surface area contributed by atoms with E-state index in [4.69, 9.17) is 15.7 Å². The molecule has 0 amide bonds. The summed E-state index contributed by atoms with van der Waals surface area (Å²) in [5, 5.41) is 8.48. The van der Waals surface area contributed by atoms with Crippen molar-refractivity contribution < 1.29 is 4.74 Å². The van der Waals surface area contributed by atoms with E-state index in [1.54, 1.807) is 0 Å². The lowest BCUT2D eigenvalue weighted by Gasteiger charge is -2.13. The van der Waals surface area contributed by atoms with E-state index in [2.05, 4.69) is 6.07 Å². The molecule has 2 N–H and O–H groups in total. The number of hydrogen-bond acceptors (Lipinski definition) is 3. The fourth-order valence-electron chi connectivity index (χ4n) is 1.45. The van der Waals surface area contributed by atoms with Crippen molar-refractivity contribution >= 4 is 0 Å². The van der Waals surface area contributed by atoms with Gasteiger partial charge in [-0.05, 0) is 38.0 Å². The van der Waals surface area contributed by atoms with Gasteiger partial charge in [-0.25, -0.2) is 0 Å². The molecule has 3 nitrogen and oxygen atoms in total. The Morgan fingerprint density at radius 1 is 1.31 bits per heavy atom. The van der Waals surface area contributed by atoms with Gasteiger partial charge in [0.1, 0.15) is 5.75 Å². The molecule has 0 heterocycles. The number of benzene rings is 1. The lowest BCUT2D eigenvalue weighted by atomic mass is 10.0. The van der Waals surface area contributed by atoms with Crippen molar-refractivity contribution in [2.75, 3.05) is 0 Å². The van der Waals surface area contributed by atoms with Crippen molar-refractivity contribution in [3.63, 3.8) is 0 Å². The molecule has 1 atom stereocenters. The van der Waals surface area contributed by atoms with Gasteiger partial charge in [0, 0.05) is 12.5 Å². The standard InChI is InChI=1S/C13H18N2O/c1-10(2)16-12-7-5-11(6-8-12)13(15)4-3-9-14/h5-8,10,13H,3-4,15H2,1-2H3. The number of nitrogens with zero attached hydrogens (tertiary/aromatic N) is 1. The fourth-order valence-corrected chi connectivity index (χ4v) is 1.45. The molecular formula is C13H18N2O. The molecule has 86 valence electrons. The van der Waals surface area contributed by atoms with Gasteiger partial charge < -0.3 is 10.5 Å². The van der Waals surface area contributed by atoms with Crippen LogP contribution < -0.4 is 10.5 Å². The summed E-state index contributed by atoms with van der Waals surface area (Å²) in [5.74, 6) is 0.853. The minimum Gasteiger partial charge on any atom is -0.491 e. The summed E-state index contributed by atoms with van der Waals surface area (Å²) in [4.78, 5) is 0. The largest absolute Gasteiger partial charge is 0.491 e. The summed E-state index contributed by atoms with van der Waals surface area (Å²) in [6.07, 6.45) is 1.37. The average Bonchev–Trinajstić information content (AvgIpc) is 2.26. The Hall–Kier alpha value is -1.53. The third-order valence-electron chi connectivity index (χ3n) is 2.25. The van der Waals surface area contributed by atoms with Crippen molar-refractivity contribution in [3.8, 4) is 11.8 Å². The normalized spacial score (nSPS) is 12.2. The first kappa shape index (κ1) is 12.5. The second kappa shape index (κ2) is 6.14. The lowest BCUT2D eigenvalue weighted by Crippen LogP contribution is -2.10. The Morgan fingerprint density at radius 2 is 1.94 bits per heavy atom. The van der Waals surface area contributed by atoms with E-state index < -0.39 is 0 Å². The highest BCUT2D eigenvalue weighted by molar-refractivity contribution is 5.29. The highest BCUT2D eigenvalue weighted by atomic mass is 16.5. The Morgan fingerprint density at radius 3 is 2.44 bits per heavy atom. The SMILES string of the molecule is CC(C)Oc1ccc(C(N)CCC#N)cc1. The first-order chi connectivity index (χ1) is 7.63. The average molecular weight is 218 g/mol. The van der Waals surface area contributed by atoms with E-state index in [1.165, 1.54) is 0 Å². The number of nitriles is 1. The number of nitrogens with two attached hydrogens (primary N) is 1. The molecule has 1 rings (SSSR count). The number of rotatable bonds is 5. The zero-order chi connectivity index (χ0) is 12.0. The molecule has 0 radical (unpaired) electrons. The topological polar surface area (TPSA) is 59.0 Å². The van der Waals surface area contributed by atoms with Crippen LogP contribution in [0.1, 0.15) is 38.3 Å². The Balaban J connectivity index is 2.60. The summed E-state index contributed by atoms with van der Waals surface area (Å²) in [7, 11) is 0. The van der Waals surface area contributed by atoms with Crippen molar-refractivity contribution in [2.24, 2.45) is 5.73 Å². The van der Waals surface area contributed by atoms with Crippen molar-refractivity contribution in [2.45, 2.75) is 38.8 Å². The van der Waals surface area contributed by atoms with E-state index in [0.717, 1.165) is 11.3 Å². The van der Waals surface area contributed by atoms with Crippen molar-refractivity contribution in [1.82, 2.24) is 0 Å². The van der Waals surface area contributed by atoms with Crippen LogP contribution >= 0.6 is 0 Å². The molecule has 0 saturated carbocycles. The predicted octanol–water partition coefficient (Wildman–Crippen LogP) is 2.78. The molecule has 0 spiro atoms. The summed E-state index contributed by atoms with van der Waals surface area (Å²) < 4.78 is 5.54. The van der Waals surface area contributed by atoms with Crippen LogP contribution in [0, 0.1) is 11.3 Å². The van der Waals surface area contributed by atoms with Crippen LogP contribution in [-0.2, 0) is 0 Å². The molecule has 16 heavy (non-hydrogen) atoms. The highest BCUT2D eigenvalue weighted by Gasteiger charge is 2.05. The molecule has 0 bridgehead atoms. The lowest BCUT2D eigenvalue weighted by molar-refractivity contribution is 0.242. The smallest absolute Gasteiger partial charge is 0.119 e.